The van der Waals surface area contributed by atoms with Crippen LogP contribution in [0.15, 0.2) is 24.3 Å². The smallest absolute Gasteiger partial charge is 0.225 e. The summed E-state index contributed by atoms with van der Waals surface area (Å²) in [6.45, 7) is 0.578. The maximum Gasteiger partial charge on any atom is 0.225 e. The zero-order chi connectivity index (χ0) is 14.4. The molecule has 1 heterocycles. The van der Waals surface area contributed by atoms with Gasteiger partial charge in [0.15, 0.2) is 0 Å². The van der Waals surface area contributed by atoms with Crippen LogP contribution < -0.4 is 15.8 Å². The topological polar surface area (TPSA) is 64.4 Å². The molecule has 3 N–H and O–H groups in total. The molecule has 3 aliphatic rings. The summed E-state index contributed by atoms with van der Waals surface area (Å²) < 4.78 is 5.86. The van der Waals surface area contributed by atoms with Gasteiger partial charge in [-0.15, -0.1) is 0 Å². The second-order valence-corrected chi connectivity index (χ2v) is 6.73. The first kappa shape index (κ1) is 13.1. The minimum Gasteiger partial charge on any atom is -0.488 e. The van der Waals surface area contributed by atoms with Crippen molar-refractivity contribution in [2.45, 2.75) is 37.8 Å². The van der Waals surface area contributed by atoms with Crippen molar-refractivity contribution in [1.82, 2.24) is 5.32 Å². The van der Waals surface area contributed by atoms with Crippen LogP contribution in [-0.2, 0) is 11.2 Å². The molecule has 5 unspecified atom stereocenters. The van der Waals surface area contributed by atoms with Crippen molar-refractivity contribution in [1.29, 1.82) is 0 Å². The number of para-hydroxylation sites is 1. The first-order chi connectivity index (χ1) is 10.2. The highest BCUT2D eigenvalue weighted by Crippen LogP contribution is 2.47. The lowest BCUT2D eigenvalue weighted by atomic mass is 9.84. The summed E-state index contributed by atoms with van der Waals surface area (Å²) in [4.78, 5) is 12.4. The Labute approximate surface area is 125 Å². The number of nitrogens with two attached hydrogens (primary N) is 1. The molecule has 4 rings (SSSR count). The van der Waals surface area contributed by atoms with Crippen molar-refractivity contribution >= 4 is 5.91 Å². The first-order valence-electron chi connectivity index (χ1n) is 8.00. The van der Waals surface area contributed by atoms with E-state index in [9.17, 15) is 4.79 Å². The monoisotopic (exact) mass is 286 g/mol. The SMILES string of the molecule is NC1C2CCC(C2)C1C(=O)NCC1Cc2ccccc2O1. The highest BCUT2D eigenvalue weighted by molar-refractivity contribution is 5.80. The second-order valence-electron chi connectivity index (χ2n) is 6.73. The van der Waals surface area contributed by atoms with Crippen LogP contribution in [0, 0.1) is 17.8 Å². The molecule has 21 heavy (non-hydrogen) atoms. The number of hydrogen-bond acceptors (Lipinski definition) is 3. The Kier molecular flexibility index (Phi) is 3.14. The van der Waals surface area contributed by atoms with Crippen molar-refractivity contribution in [2.75, 3.05) is 6.54 Å². The predicted octanol–water partition coefficient (Wildman–Crippen LogP) is 1.48. The quantitative estimate of drug-likeness (QED) is 0.884. The van der Waals surface area contributed by atoms with E-state index in [1.807, 2.05) is 18.2 Å². The van der Waals surface area contributed by atoms with E-state index >= 15 is 0 Å². The van der Waals surface area contributed by atoms with E-state index in [-0.39, 0.29) is 24.0 Å². The Balaban J connectivity index is 1.33. The Bertz CT molecular complexity index is 532. The fourth-order valence-electron chi connectivity index (χ4n) is 4.42. The summed E-state index contributed by atoms with van der Waals surface area (Å²) >= 11 is 0. The third-order valence-corrected chi connectivity index (χ3v) is 5.50. The van der Waals surface area contributed by atoms with E-state index in [0.29, 0.717) is 18.4 Å². The number of carbonyl (C=O) groups is 1. The molecule has 112 valence electrons. The summed E-state index contributed by atoms with van der Waals surface area (Å²) in [5.41, 5.74) is 7.46. The lowest BCUT2D eigenvalue weighted by Gasteiger charge is -2.27. The van der Waals surface area contributed by atoms with E-state index in [1.165, 1.54) is 18.4 Å². The zero-order valence-electron chi connectivity index (χ0n) is 12.1. The molecule has 5 atom stereocenters. The maximum absolute atomic E-state index is 12.4. The van der Waals surface area contributed by atoms with Crippen molar-refractivity contribution in [3.05, 3.63) is 29.8 Å². The minimum absolute atomic E-state index is 0.0209. The number of amides is 1. The highest BCUT2D eigenvalue weighted by Gasteiger charge is 2.49. The molecular weight excluding hydrogens is 264 g/mol. The van der Waals surface area contributed by atoms with Crippen molar-refractivity contribution in [3.8, 4) is 5.75 Å². The molecule has 0 radical (unpaired) electrons. The second kappa shape index (κ2) is 5.02. The molecule has 1 aliphatic heterocycles. The molecule has 4 heteroatoms. The average molecular weight is 286 g/mol. The number of benzene rings is 1. The Morgan fingerprint density at radius 1 is 1.29 bits per heavy atom. The Hall–Kier alpha value is -1.55. The molecular formula is C17H22N2O2. The van der Waals surface area contributed by atoms with Gasteiger partial charge >= 0.3 is 0 Å². The van der Waals surface area contributed by atoms with Gasteiger partial charge in [0, 0.05) is 12.5 Å². The van der Waals surface area contributed by atoms with Gasteiger partial charge in [-0.25, -0.2) is 0 Å². The third-order valence-electron chi connectivity index (χ3n) is 5.50. The summed E-state index contributed by atoms with van der Waals surface area (Å²) in [5.74, 6) is 2.18. The fraction of sp³-hybridized carbons (Fsp3) is 0.588. The molecule has 2 fully saturated rings. The number of nitrogens with one attached hydrogen (secondary N) is 1. The summed E-state index contributed by atoms with van der Waals surface area (Å²) in [7, 11) is 0. The number of ether oxygens (including phenoxy) is 1. The molecule has 1 aromatic rings. The van der Waals surface area contributed by atoms with Crippen molar-refractivity contribution in [2.24, 2.45) is 23.5 Å². The molecule has 4 nitrogen and oxygen atoms in total. The number of rotatable bonds is 3. The van der Waals surface area contributed by atoms with Gasteiger partial charge in [-0.2, -0.15) is 0 Å². The zero-order valence-corrected chi connectivity index (χ0v) is 12.1. The van der Waals surface area contributed by atoms with Gasteiger partial charge in [0.2, 0.25) is 5.91 Å². The summed E-state index contributed by atoms with van der Waals surface area (Å²) in [6.07, 6.45) is 4.45. The van der Waals surface area contributed by atoms with E-state index in [0.717, 1.165) is 18.6 Å². The van der Waals surface area contributed by atoms with Crippen molar-refractivity contribution < 1.29 is 9.53 Å². The van der Waals surface area contributed by atoms with Gasteiger partial charge in [0.05, 0.1) is 12.5 Å². The van der Waals surface area contributed by atoms with Crippen LogP contribution in [-0.4, -0.2) is 24.6 Å². The maximum atomic E-state index is 12.4. The lowest BCUT2D eigenvalue weighted by Crippen LogP contribution is -2.47. The molecule has 0 spiro atoms. The fourth-order valence-corrected chi connectivity index (χ4v) is 4.42. The number of carbonyl (C=O) groups excluding carboxylic acids is 1. The van der Waals surface area contributed by atoms with Gasteiger partial charge in [-0.3, -0.25) is 4.79 Å². The Morgan fingerprint density at radius 3 is 2.86 bits per heavy atom. The van der Waals surface area contributed by atoms with Crippen LogP contribution in [0.25, 0.3) is 0 Å². The van der Waals surface area contributed by atoms with Crippen LogP contribution in [0.1, 0.15) is 24.8 Å². The molecule has 0 aromatic heterocycles. The number of fused-ring (bicyclic) bond motifs is 3. The third kappa shape index (κ3) is 2.22. The normalized spacial score (nSPS) is 36.3. The van der Waals surface area contributed by atoms with E-state index in [1.54, 1.807) is 0 Å². The van der Waals surface area contributed by atoms with Gasteiger partial charge < -0.3 is 15.8 Å². The van der Waals surface area contributed by atoms with Crippen LogP contribution in [0.2, 0.25) is 0 Å². The van der Waals surface area contributed by atoms with Gasteiger partial charge in [-0.1, -0.05) is 18.2 Å². The van der Waals surface area contributed by atoms with E-state index < -0.39 is 0 Å². The molecule has 1 amide bonds. The standard InChI is InChI=1S/C17H22N2O2/c18-16-12-6-5-11(7-12)15(16)17(20)19-9-13-8-10-3-1-2-4-14(10)21-13/h1-4,11-13,15-16H,5-9,18H2,(H,19,20). The first-order valence-corrected chi connectivity index (χ1v) is 8.00. The molecule has 0 saturated heterocycles. The lowest BCUT2D eigenvalue weighted by molar-refractivity contribution is -0.127. The van der Waals surface area contributed by atoms with Crippen LogP contribution in [0.5, 0.6) is 5.75 Å². The van der Waals surface area contributed by atoms with Gasteiger partial charge in [-0.05, 0) is 42.7 Å². The van der Waals surface area contributed by atoms with Crippen molar-refractivity contribution in [3.63, 3.8) is 0 Å². The molecule has 2 bridgehead atoms. The van der Waals surface area contributed by atoms with Crippen LogP contribution >= 0.6 is 0 Å². The van der Waals surface area contributed by atoms with E-state index in [2.05, 4.69) is 11.4 Å². The van der Waals surface area contributed by atoms with Crippen LogP contribution in [0.3, 0.4) is 0 Å². The average Bonchev–Trinajstić information content (AvgIpc) is 3.17. The molecule has 1 aromatic carbocycles. The molecule has 2 aliphatic carbocycles. The number of hydrogen-bond donors (Lipinski definition) is 2. The summed E-state index contributed by atoms with van der Waals surface area (Å²) in [5, 5.41) is 3.07. The molecule has 2 saturated carbocycles. The summed E-state index contributed by atoms with van der Waals surface area (Å²) in [6, 6.07) is 8.14. The Morgan fingerprint density at radius 2 is 2.10 bits per heavy atom. The van der Waals surface area contributed by atoms with Crippen LogP contribution in [0.4, 0.5) is 0 Å². The van der Waals surface area contributed by atoms with Gasteiger partial charge in [0.1, 0.15) is 11.9 Å². The van der Waals surface area contributed by atoms with Gasteiger partial charge in [0.25, 0.3) is 0 Å². The predicted molar refractivity (Wildman–Crippen MR) is 79.9 cm³/mol. The minimum atomic E-state index is 0.0209. The largest absolute Gasteiger partial charge is 0.488 e. The highest BCUT2D eigenvalue weighted by atomic mass is 16.5. The van der Waals surface area contributed by atoms with E-state index in [4.69, 9.17) is 10.5 Å².